The second-order valence-corrected chi connectivity index (χ2v) is 12.2. The minimum atomic E-state index is -0.438. The van der Waals surface area contributed by atoms with Crippen molar-refractivity contribution in [2.24, 2.45) is 17.8 Å². The van der Waals surface area contributed by atoms with Gasteiger partial charge in [-0.05, 0) is 36.8 Å². The highest BCUT2D eigenvalue weighted by molar-refractivity contribution is 6.35. The Morgan fingerprint density at radius 2 is 1.64 bits per heavy atom. The lowest BCUT2D eigenvalue weighted by Gasteiger charge is -2.18. The molecule has 0 aliphatic carbocycles. The molecule has 0 fully saturated rings. The Morgan fingerprint density at radius 1 is 1.00 bits per heavy atom. The average Bonchev–Trinajstić information content (AvgIpc) is 3.53. The number of nitrogens with one attached hydrogen (secondary N) is 1. The molecule has 2 rings (SSSR count). The first-order valence-corrected chi connectivity index (χ1v) is 17.0. The molecular weight excluding hydrogens is 599 g/mol. The summed E-state index contributed by atoms with van der Waals surface area (Å²) in [6.45, 7) is 16.0. The van der Waals surface area contributed by atoms with Gasteiger partial charge in [0.2, 0.25) is 6.33 Å². The standard InChI is InChI=1S/C21H40O4.C14H14Cl2N2O/c1-6-10-12-18(8-3)15-24-20(22)14-17(5)21(23)25-16-19(9-4)13-11-7-2;1-2-7-19-14(9-18-6-5-17-10-18)12-4-3-11(15)8-13(12)16/h17-19H,6-16H2,1-5H3;2-6,8,10,14H,1,7,9H2/p+1. The highest BCUT2D eigenvalue weighted by Gasteiger charge is 2.22. The van der Waals surface area contributed by atoms with Crippen LogP contribution in [-0.2, 0) is 30.3 Å². The molecule has 0 aliphatic rings. The minimum absolute atomic E-state index is 0.106. The molecule has 1 aromatic heterocycles. The zero-order chi connectivity index (χ0) is 32.7. The maximum absolute atomic E-state index is 12.1. The van der Waals surface area contributed by atoms with E-state index in [0.29, 0.717) is 48.2 Å². The van der Waals surface area contributed by atoms with Crippen LogP contribution < -0.4 is 4.57 Å². The Morgan fingerprint density at radius 3 is 2.16 bits per heavy atom. The normalized spacial score (nSPS) is 13.6. The molecule has 0 saturated carbocycles. The van der Waals surface area contributed by atoms with Gasteiger partial charge in [0.15, 0.2) is 0 Å². The van der Waals surface area contributed by atoms with Crippen LogP contribution in [0, 0.1) is 17.8 Å². The van der Waals surface area contributed by atoms with Crippen LogP contribution in [-0.4, -0.2) is 36.7 Å². The van der Waals surface area contributed by atoms with E-state index in [2.05, 4.69) is 39.3 Å². The Kier molecular flexibility index (Phi) is 21.6. The number of unbranched alkanes of at least 4 members (excludes halogenated alkanes) is 2. The molecule has 1 N–H and O–H groups in total. The van der Waals surface area contributed by atoms with E-state index < -0.39 is 5.92 Å². The zero-order valence-corrected chi connectivity index (χ0v) is 29.0. The van der Waals surface area contributed by atoms with Crippen LogP contribution in [0.2, 0.25) is 10.0 Å². The van der Waals surface area contributed by atoms with Gasteiger partial charge in [-0.2, -0.15) is 0 Å². The summed E-state index contributed by atoms with van der Waals surface area (Å²) in [4.78, 5) is 27.0. The fraction of sp³-hybridized carbons (Fsp3) is 0.629. The van der Waals surface area contributed by atoms with Gasteiger partial charge in [0.25, 0.3) is 0 Å². The number of benzene rings is 1. The number of imidazole rings is 1. The van der Waals surface area contributed by atoms with E-state index in [1.165, 1.54) is 0 Å². The van der Waals surface area contributed by atoms with Crippen LogP contribution in [0.15, 0.2) is 49.6 Å². The summed E-state index contributed by atoms with van der Waals surface area (Å²) < 4.78 is 18.6. The number of hydrogen-bond acceptors (Lipinski definition) is 5. The van der Waals surface area contributed by atoms with Crippen LogP contribution in [0.1, 0.15) is 104 Å². The van der Waals surface area contributed by atoms with Crippen molar-refractivity contribution in [3.8, 4) is 0 Å². The van der Waals surface area contributed by atoms with Crippen molar-refractivity contribution >= 4 is 35.1 Å². The first-order chi connectivity index (χ1) is 21.2. The van der Waals surface area contributed by atoms with Crippen molar-refractivity contribution in [2.75, 3.05) is 19.8 Å². The van der Waals surface area contributed by atoms with Crippen molar-refractivity contribution in [1.82, 2.24) is 4.98 Å². The van der Waals surface area contributed by atoms with E-state index in [1.54, 1.807) is 19.1 Å². The fourth-order valence-corrected chi connectivity index (χ4v) is 5.08. The Balaban J connectivity index is 0.000000454. The number of H-pyrrole nitrogens is 1. The summed E-state index contributed by atoms with van der Waals surface area (Å²) in [7, 11) is 0. The van der Waals surface area contributed by atoms with Crippen LogP contribution in [0.4, 0.5) is 0 Å². The molecule has 1 aromatic carbocycles. The number of halogens is 2. The molecule has 4 unspecified atom stereocenters. The van der Waals surface area contributed by atoms with Gasteiger partial charge < -0.3 is 14.2 Å². The fourth-order valence-electron chi connectivity index (χ4n) is 4.55. The van der Waals surface area contributed by atoms with Crippen molar-refractivity contribution in [3.05, 3.63) is 65.2 Å². The quantitative estimate of drug-likeness (QED) is 0.0825. The van der Waals surface area contributed by atoms with Gasteiger partial charge in [-0.1, -0.05) is 108 Å². The van der Waals surface area contributed by atoms with E-state index in [0.717, 1.165) is 56.9 Å². The Hall–Kier alpha value is -2.35. The maximum atomic E-state index is 12.1. The van der Waals surface area contributed by atoms with E-state index >= 15 is 0 Å². The molecule has 0 aliphatic heterocycles. The third-order valence-electron chi connectivity index (χ3n) is 7.61. The molecule has 7 nitrogen and oxygen atoms in total. The van der Waals surface area contributed by atoms with Gasteiger partial charge in [0, 0.05) is 15.6 Å². The lowest BCUT2D eigenvalue weighted by molar-refractivity contribution is -0.703. The largest absolute Gasteiger partial charge is 0.465 e. The summed E-state index contributed by atoms with van der Waals surface area (Å²) >= 11 is 12.2. The number of nitrogens with zero attached hydrogens (tertiary/aromatic N) is 1. The zero-order valence-electron chi connectivity index (χ0n) is 27.5. The van der Waals surface area contributed by atoms with Crippen LogP contribution in [0.25, 0.3) is 0 Å². The molecule has 0 amide bonds. The van der Waals surface area contributed by atoms with Gasteiger partial charge in [-0.25, -0.2) is 4.57 Å². The monoisotopic (exact) mass is 653 g/mol. The van der Waals surface area contributed by atoms with Gasteiger partial charge in [0.05, 0.1) is 32.2 Å². The van der Waals surface area contributed by atoms with E-state index in [1.807, 2.05) is 35.4 Å². The van der Waals surface area contributed by atoms with E-state index in [4.69, 9.17) is 37.4 Å². The average molecular weight is 655 g/mol. The highest BCUT2D eigenvalue weighted by Crippen LogP contribution is 2.28. The van der Waals surface area contributed by atoms with Gasteiger partial charge >= 0.3 is 11.9 Å². The maximum Gasteiger partial charge on any atom is 0.309 e. The smallest absolute Gasteiger partial charge is 0.309 e. The molecule has 0 saturated heterocycles. The third kappa shape index (κ3) is 16.6. The molecule has 0 spiro atoms. The van der Waals surface area contributed by atoms with Crippen molar-refractivity contribution in [3.63, 3.8) is 0 Å². The molecule has 0 bridgehead atoms. The summed E-state index contributed by atoms with van der Waals surface area (Å²) in [5.74, 6) is -0.170. The minimum Gasteiger partial charge on any atom is -0.465 e. The van der Waals surface area contributed by atoms with Gasteiger partial charge in [-0.15, -0.1) is 6.58 Å². The first-order valence-electron chi connectivity index (χ1n) is 16.2. The Labute approximate surface area is 275 Å². The molecule has 2 aromatic rings. The number of carbonyl (C=O) groups excluding carboxylic acids is 2. The van der Waals surface area contributed by atoms with E-state index in [9.17, 15) is 9.59 Å². The SMILES string of the molecule is C=CCOC(C[n+]1cc[nH]c1)c1ccc(Cl)cc1Cl.CCCCC(CC)COC(=O)CC(C)C(=O)OCC(CC)CCCC. The lowest BCUT2D eigenvalue weighted by Crippen LogP contribution is -2.35. The molecule has 248 valence electrons. The second-order valence-electron chi connectivity index (χ2n) is 11.3. The highest BCUT2D eigenvalue weighted by atomic mass is 35.5. The molecule has 9 heteroatoms. The van der Waals surface area contributed by atoms with Crippen LogP contribution >= 0.6 is 23.2 Å². The molecule has 0 radical (unpaired) electrons. The predicted molar refractivity (Wildman–Crippen MR) is 179 cm³/mol. The number of rotatable bonds is 21. The molecular formula is C35H55Cl2N2O5+. The number of aromatic nitrogens is 2. The predicted octanol–water partition coefficient (Wildman–Crippen LogP) is 9.08. The van der Waals surface area contributed by atoms with E-state index in [-0.39, 0.29) is 24.5 Å². The topological polar surface area (TPSA) is 81.5 Å². The number of esters is 2. The van der Waals surface area contributed by atoms with Gasteiger partial charge in [0.1, 0.15) is 25.0 Å². The summed E-state index contributed by atoms with van der Waals surface area (Å²) in [5.41, 5.74) is 0.918. The third-order valence-corrected chi connectivity index (χ3v) is 8.17. The van der Waals surface area contributed by atoms with Crippen LogP contribution in [0.3, 0.4) is 0 Å². The Bertz CT molecular complexity index is 1060. The lowest BCUT2D eigenvalue weighted by atomic mass is 10.0. The number of hydrogen-bond donors (Lipinski definition) is 1. The first kappa shape index (κ1) is 39.7. The van der Waals surface area contributed by atoms with Crippen LogP contribution in [0.5, 0.6) is 0 Å². The summed E-state index contributed by atoms with van der Waals surface area (Å²) in [6.07, 6.45) is 16.2. The second kappa shape index (κ2) is 24.0. The van der Waals surface area contributed by atoms with Crippen molar-refractivity contribution in [1.29, 1.82) is 0 Å². The van der Waals surface area contributed by atoms with Gasteiger partial charge in [-0.3, -0.25) is 14.6 Å². The number of carbonyl (C=O) groups is 2. The molecule has 1 heterocycles. The summed E-state index contributed by atoms with van der Waals surface area (Å²) in [5, 5.41) is 1.23. The molecule has 4 atom stereocenters. The number of aromatic amines is 1. The van der Waals surface area contributed by atoms with Crippen molar-refractivity contribution in [2.45, 2.75) is 105 Å². The summed E-state index contributed by atoms with van der Waals surface area (Å²) in [6, 6.07) is 5.44. The molecule has 44 heavy (non-hydrogen) atoms. The number of ether oxygens (including phenoxy) is 3. The van der Waals surface area contributed by atoms with Crippen molar-refractivity contribution < 1.29 is 28.4 Å².